The topological polar surface area (TPSA) is 27.7 Å². The Bertz CT molecular complexity index is 566. The van der Waals surface area contributed by atoms with Crippen molar-refractivity contribution in [2.75, 3.05) is 0 Å². The second-order valence-corrected chi connectivity index (χ2v) is 24.9. The van der Waals surface area contributed by atoms with Crippen LogP contribution in [0.4, 0.5) is 0 Å². The van der Waals surface area contributed by atoms with Gasteiger partial charge < -0.3 is 12.3 Å². The highest BCUT2D eigenvalue weighted by Gasteiger charge is 2.43. The third-order valence-corrected chi connectivity index (χ3v) is 17.6. The van der Waals surface area contributed by atoms with Crippen LogP contribution in [0.2, 0.25) is 52.4 Å². The van der Waals surface area contributed by atoms with Crippen LogP contribution in [-0.4, -0.2) is 33.1 Å². The number of hydrogen-bond donors (Lipinski definition) is 0. The molecule has 0 amide bonds. The van der Waals surface area contributed by atoms with Crippen LogP contribution in [0.15, 0.2) is 30.8 Å². The molecule has 24 heavy (non-hydrogen) atoms. The molecular formula is C16H31ClO3Si4. The van der Waals surface area contributed by atoms with Crippen LogP contribution in [0.25, 0.3) is 6.08 Å². The maximum atomic E-state index is 6.59. The monoisotopic (exact) mass is 418 g/mol. The first kappa shape index (κ1) is 22.0. The first-order valence-corrected chi connectivity index (χ1v) is 20.6. The highest BCUT2D eigenvalue weighted by molar-refractivity contribution is 7.17. The molecule has 0 aromatic heterocycles. The summed E-state index contributed by atoms with van der Waals surface area (Å²) in [5, 5.41) is 1.25. The van der Waals surface area contributed by atoms with Gasteiger partial charge in [-0.3, -0.25) is 0 Å². The number of halogens is 1. The van der Waals surface area contributed by atoms with E-state index in [-0.39, 0.29) is 0 Å². The van der Waals surface area contributed by atoms with Crippen molar-refractivity contribution in [1.29, 1.82) is 0 Å². The number of benzene rings is 1. The van der Waals surface area contributed by atoms with Crippen molar-refractivity contribution in [3.05, 3.63) is 36.4 Å². The first-order chi connectivity index (χ1) is 10.7. The van der Waals surface area contributed by atoms with Gasteiger partial charge in [0.1, 0.15) is 0 Å². The van der Waals surface area contributed by atoms with Gasteiger partial charge in [0.25, 0.3) is 7.63 Å². The van der Waals surface area contributed by atoms with Crippen molar-refractivity contribution in [2.45, 2.75) is 52.4 Å². The minimum Gasteiger partial charge on any atom is -0.433 e. The predicted molar refractivity (Wildman–Crippen MR) is 115 cm³/mol. The molecule has 1 aromatic rings. The number of rotatable bonds is 8. The molecule has 0 fully saturated rings. The van der Waals surface area contributed by atoms with Gasteiger partial charge in [-0.15, -0.1) is 11.1 Å². The van der Waals surface area contributed by atoms with E-state index < -0.39 is 33.1 Å². The van der Waals surface area contributed by atoms with E-state index in [1.165, 1.54) is 5.19 Å². The van der Waals surface area contributed by atoms with Crippen LogP contribution in [-0.2, 0) is 12.3 Å². The highest BCUT2D eigenvalue weighted by Crippen LogP contribution is 2.25. The first-order valence-electron chi connectivity index (χ1n) is 8.18. The van der Waals surface area contributed by atoms with Crippen LogP contribution >= 0.6 is 11.1 Å². The van der Waals surface area contributed by atoms with E-state index in [1.54, 1.807) is 0 Å². The summed E-state index contributed by atoms with van der Waals surface area (Å²) in [6.07, 6.45) is 1.85. The molecule has 8 heteroatoms. The lowest BCUT2D eigenvalue weighted by molar-refractivity contribution is 0.335. The van der Waals surface area contributed by atoms with Gasteiger partial charge in [-0.2, -0.15) is 0 Å². The van der Waals surface area contributed by atoms with E-state index in [0.717, 1.165) is 5.56 Å². The van der Waals surface area contributed by atoms with Gasteiger partial charge in [-0.1, -0.05) is 36.9 Å². The molecule has 0 aliphatic carbocycles. The predicted octanol–water partition coefficient (Wildman–Crippen LogP) is 5.14. The van der Waals surface area contributed by atoms with Crippen LogP contribution in [0, 0.1) is 0 Å². The molecule has 0 atom stereocenters. The molecule has 0 N–H and O–H groups in total. The highest BCUT2D eigenvalue weighted by atomic mass is 35.6. The average Bonchev–Trinajstić information content (AvgIpc) is 2.32. The largest absolute Gasteiger partial charge is 0.433 e. The summed E-state index contributed by atoms with van der Waals surface area (Å²) in [5.41, 5.74) is 1.12. The molecule has 0 aliphatic heterocycles. The number of hydrogen-bond acceptors (Lipinski definition) is 3. The minimum absolute atomic E-state index is 1.12. The Morgan fingerprint density at radius 1 is 0.792 bits per heavy atom. The maximum Gasteiger partial charge on any atom is 0.313 e. The van der Waals surface area contributed by atoms with Crippen LogP contribution in [0.1, 0.15) is 5.56 Å². The van der Waals surface area contributed by atoms with Crippen molar-refractivity contribution in [2.24, 2.45) is 0 Å². The normalized spacial score (nSPS) is 13.9. The van der Waals surface area contributed by atoms with Crippen molar-refractivity contribution >= 4 is 55.4 Å². The zero-order valence-corrected chi connectivity index (χ0v) is 21.0. The van der Waals surface area contributed by atoms with Crippen molar-refractivity contribution < 1.29 is 12.3 Å². The van der Waals surface area contributed by atoms with Crippen LogP contribution < -0.4 is 5.19 Å². The lowest BCUT2D eigenvalue weighted by atomic mass is 10.2. The van der Waals surface area contributed by atoms with Gasteiger partial charge in [-0.25, -0.2) is 0 Å². The van der Waals surface area contributed by atoms with E-state index >= 15 is 0 Å². The third kappa shape index (κ3) is 7.48. The van der Waals surface area contributed by atoms with E-state index in [2.05, 4.69) is 70.1 Å². The molecule has 0 saturated heterocycles. The maximum absolute atomic E-state index is 6.59. The van der Waals surface area contributed by atoms with E-state index in [1.807, 2.05) is 19.2 Å². The molecule has 3 nitrogen and oxygen atoms in total. The lowest BCUT2D eigenvalue weighted by Crippen LogP contribution is -2.58. The summed E-state index contributed by atoms with van der Waals surface area (Å²) in [4.78, 5) is 0. The Kier molecular flexibility index (Phi) is 7.08. The van der Waals surface area contributed by atoms with Crippen LogP contribution in [0.5, 0.6) is 0 Å². The smallest absolute Gasteiger partial charge is 0.313 e. The molecule has 0 aliphatic rings. The quantitative estimate of drug-likeness (QED) is 0.432. The molecular weight excluding hydrogens is 388 g/mol. The fraction of sp³-hybridized carbons (Fsp3) is 0.500. The molecule has 0 heterocycles. The summed E-state index contributed by atoms with van der Waals surface area (Å²) < 4.78 is 19.1. The van der Waals surface area contributed by atoms with Gasteiger partial charge in [0.05, 0.1) is 0 Å². The Labute approximate surface area is 156 Å². The van der Waals surface area contributed by atoms with Gasteiger partial charge in [0.2, 0.25) is 8.32 Å². The van der Waals surface area contributed by atoms with Crippen molar-refractivity contribution in [1.82, 2.24) is 0 Å². The summed E-state index contributed by atoms with van der Waals surface area (Å²) >= 11 is 6.35. The summed E-state index contributed by atoms with van der Waals surface area (Å²) in [5.74, 6) is 0. The zero-order valence-electron chi connectivity index (χ0n) is 16.2. The Hall–Kier alpha value is -0.00247. The van der Waals surface area contributed by atoms with E-state index in [4.69, 9.17) is 23.4 Å². The molecule has 0 radical (unpaired) electrons. The summed E-state index contributed by atoms with van der Waals surface area (Å²) in [6.45, 7) is 20.5. The fourth-order valence-electron chi connectivity index (χ4n) is 2.91. The molecule has 0 unspecified atom stereocenters. The van der Waals surface area contributed by atoms with E-state index in [9.17, 15) is 0 Å². The fourth-order valence-corrected chi connectivity index (χ4v) is 21.4. The second-order valence-electron chi connectivity index (χ2n) is 7.81. The summed E-state index contributed by atoms with van der Waals surface area (Å²) in [7, 11) is -8.86. The molecule has 136 valence electrons. The lowest BCUT2D eigenvalue weighted by Gasteiger charge is -2.39. The Morgan fingerprint density at radius 3 is 1.67 bits per heavy atom. The Morgan fingerprint density at radius 2 is 1.25 bits per heavy atom. The minimum atomic E-state index is -2.34. The van der Waals surface area contributed by atoms with Crippen molar-refractivity contribution in [3.63, 3.8) is 0 Å². The summed E-state index contributed by atoms with van der Waals surface area (Å²) in [6, 6.07) is 8.45. The van der Waals surface area contributed by atoms with Gasteiger partial charge in [0.15, 0.2) is 0 Å². The second kappa shape index (κ2) is 7.71. The van der Waals surface area contributed by atoms with Gasteiger partial charge in [-0.05, 0) is 63.1 Å². The molecule has 1 rings (SSSR count). The van der Waals surface area contributed by atoms with E-state index in [0.29, 0.717) is 0 Å². The van der Waals surface area contributed by atoms with Gasteiger partial charge in [0, 0.05) is 0 Å². The molecule has 0 spiro atoms. The third-order valence-electron chi connectivity index (χ3n) is 3.32. The van der Waals surface area contributed by atoms with Gasteiger partial charge >= 0.3 is 17.1 Å². The Balaban J connectivity index is 2.88. The molecule has 0 bridgehead atoms. The zero-order chi connectivity index (χ0) is 18.8. The average molecular weight is 419 g/mol. The van der Waals surface area contributed by atoms with Crippen molar-refractivity contribution in [3.8, 4) is 0 Å². The van der Waals surface area contributed by atoms with Crippen LogP contribution in [0.3, 0.4) is 0 Å². The molecule has 0 saturated carbocycles. The standard InChI is InChI=1S/C16H31ClO3Si4/c1-10-15-11-13-16(14-12-15)21(2,3)18-23(6,7)20-24(8,9)19-22(4,5)17/h10-14H,1H2,2-9H3. The molecule has 1 aromatic carbocycles. The SMILES string of the molecule is C=Cc1ccc([Si](C)(C)O[Si](C)(C)O[Si](C)(C)O[Si](C)(C)Cl)cc1.